The molecule has 24 heavy (non-hydrogen) atoms. The third-order valence-electron chi connectivity index (χ3n) is 3.16. The summed E-state index contributed by atoms with van der Waals surface area (Å²) in [5.74, 6) is -0.825. The number of thiazole rings is 1. The number of para-hydroxylation sites is 1. The van der Waals surface area contributed by atoms with Crippen LogP contribution in [0.15, 0.2) is 40.5 Å². The molecule has 0 aliphatic heterocycles. The highest BCUT2D eigenvalue weighted by atomic mass is 32.1. The van der Waals surface area contributed by atoms with E-state index in [1.807, 2.05) is 0 Å². The fourth-order valence-corrected chi connectivity index (χ4v) is 2.91. The van der Waals surface area contributed by atoms with Crippen LogP contribution < -0.4 is 10.9 Å². The molecule has 2 N–H and O–H groups in total. The molecule has 0 saturated heterocycles. The number of aromatic nitrogens is 2. The average Bonchev–Trinajstić information content (AvgIpc) is 2.98. The van der Waals surface area contributed by atoms with Gasteiger partial charge in [0.05, 0.1) is 11.3 Å². The largest absolute Gasteiger partial charge is 0.456 e. The summed E-state index contributed by atoms with van der Waals surface area (Å²) in [6.07, 6.45) is 0. The molecule has 0 unspecified atom stereocenters. The van der Waals surface area contributed by atoms with E-state index in [1.165, 1.54) is 24.3 Å². The van der Waals surface area contributed by atoms with Crippen LogP contribution in [0.5, 0.6) is 0 Å². The molecule has 2 heterocycles. The maximum absolute atomic E-state index is 12.3. The molecule has 0 spiro atoms. The molecule has 3 rings (SSSR count). The number of rotatable bonds is 4. The van der Waals surface area contributed by atoms with E-state index in [2.05, 4.69) is 15.3 Å². The number of benzene rings is 1. The van der Waals surface area contributed by atoms with E-state index in [9.17, 15) is 14.4 Å². The van der Waals surface area contributed by atoms with Crippen molar-refractivity contribution >= 4 is 39.2 Å². The van der Waals surface area contributed by atoms with Crippen molar-refractivity contribution in [3.05, 3.63) is 57.3 Å². The average molecular weight is 343 g/mol. The van der Waals surface area contributed by atoms with Crippen molar-refractivity contribution in [2.24, 2.45) is 0 Å². The van der Waals surface area contributed by atoms with E-state index >= 15 is 0 Å². The number of H-pyrrole nitrogens is 1. The van der Waals surface area contributed by atoms with Gasteiger partial charge in [-0.2, -0.15) is 0 Å². The van der Waals surface area contributed by atoms with Gasteiger partial charge >= 0.3 is 5.97 Å². The van der Waals surface area contributed by atoms with Gasteiger partial charge in [-0.3, -0.25) is 9.59 Å². The summed E-state index contributed by atoms with van der Waals surface area (Å²) in [6.45, 7) is 1.34. The second kappa shape index (κ2) is 6.63. The summed E-state index contributed by atoms with van der Waals surface area (Å²) in [6, 6.07) is 8.21. The van der Waals surface area contributed by atoms with E-state index in [1.54, 1.807) is 29.6 Å². The molecule has 0 saturated carbocycles. The number of hydrogen-bond acceptors (Lipinski definition) is 6. The van der Waals surface area contributed by atoms with E-state index in [0.29, 0.717) is 21.7 Å². The van der Waals surface area contributed by atoms with E-state index in [0.717, 1.165) is 0 Å². The Morgan fingerprint density at radius 1 is 1.33 bits per heavy atom. The third kappa shape index (κ3) is 3.49. The Bertz CT molecular complexity index is 977. The zero-order chi connectivity index (χ0) is 17.1. The molecule has 7 nitrogen and oxygen atoms in total. The van der Waals surface area contributed by atoms with Crippen LogP contribution in [0, 0.1) is 0 Å². The van der Waals surface area contributed by atoms with Crippen LogP contribution in [0.4, 0.5) is 5.13 Å². The lowest BCUT2D eigenvalue weighted by atomic mass is 10.1. The molecule has 0 fully saturated rings. The zero-order valence-corrected chi connectivity index (χ0v) is 13.5. The maximum atomic E-state index is 12.3. The van der Waals surface area contributed by atoms with Gasteiger partial charge in [-0.25, -0.2) is 9.78 Å². The Balaban J connectivity index is 1.77. The maximum Gasteiger partial charge on any atom is 0.339 e. The molecule has 0 aliphatic rings. The lowest BCUT2D eigenvalue weighted by Crippen LogP contribution is -2.13. The summed E-state index contributed by atoms with van der Waals surface area (Å²) >= 11 is 1.24. The smallest absolute Gasteiger partial charge is 0.339 e. The number of fused-ring (bicyclic) bond motifs is 1. The Morgan fingerprint density at radius 2 is 2.12 bits per heavy atom. The second-order valence-electron chi connectivity index (χ2n) is 4.99. The van der Waals surface area contributed by atoms with E-state index < -0.39 is 5.97 Å². The van der Waals surface area contributed by atoms with Gasteiger partial charge in [0.15, 0.2) is 5.13 Å². The number of carbonyl (C=O) groups is 2. The van der Waals surface area contributed by atoms with Crippen LogP contribution in [-0.4, -0.2) is 21.8 Å². The number of pyridine rings is 1. The molecule has 122 valence electrons. The van der Waals surface area contributed by atoms with Crippen molar-refractivity contribution in [1.29, 1.82) is 0 Å². The van der Waals surface area contributed by atoms with E-state index in [4.69, 9.17) is 4.74 Å². The number of ether oxygens (including phenoxy) is 1. The molecule has 0 atom stereocenters. The van der Waals surface area contributed by atoms with Crippen molar-refractivity contribution in [1.82, 2.24) is 9.97 Å². The quantitative estimate of drug-likeness (QED) is 0.708. The summed E-state index contributed by atoms with van der Waals surface area (Å²) in [4.78, 5) is 41.7. The predicted octanol–water partition coefficient (Wildman–Crippen LogP) is 2.30. The lowest BCUT2D eigenvalue weighted by molar-refractivity contribution is -0.114. The van der Waals surface area contributed by atoms with Crippen LogP contribution in [0.3, 0.4) is 0 Å². The number of esters is 1. The number of aromatic amines is 1. The number of amides is 1. The molecule has 2 aromatic heterocycles. The lowest BCUT2D eigenvalue weighted by Gasteiger charge is -2.06. The first kappa shape index (κ1) is 15.9. The van der Waals surface area contributed by atoms with Crippen molar-refractivity contribution in [2.75, 3.05) is 5.32 Å². The normalized spacial score (nSPS) is 10.5. The first-order chi connectivity index (χ1) is 11.5. The molecule has 0 aliphatic carbocycles. The topological polar surface area (TPSA) is 101 Å². The van der Waals surface area contributed by atoms with Gasteiger partial charge in [0.2, 0.25) is 11.5 Å². The highest BCUT2D eigenvalue weighted by Gasteiger charge is 2.14. The fourth-order valence-electron chi connectivity index (χ4n) is 2.17. The SMILES string of the molecule is CC(=O)Nc1nc(COC(=O)c2cc(=O)[nH]c3ccccc23)cs1. The summed E-state index contributed by atoms with van der Waals surface area (Å²) in [7, 11) is 0. The number of anilines is 1. The minimum absolute atomic E-state index is 0.0456. The number of nitrogens with one attached hydrogen (secondary N) is 2. The number of hydrogen-bond donors (Lipinski definition) is 2. The monoisotopic (exact) mass is 343 g/mol. The predicted molar refractivity (Wildman–Crippen MR) is 90.1 cm³/mol. The first-order valence-corrected chi connectivity index (χ1v) is 7.92. The van der Waals surface area contributed by atoms with Gasteiger partial charge in [-0.05, 0) is 6.07 Å². The van der Waals surface area contributed by atoms with Gasteiger partial charge in [0, 0.05) is 29.3 Å². The first-order valence-electron chi connectivity index (χ1n) is 7.04. The van der Waals surface area contributed by atoms with Gasteiger partial charge < -0.3 is 15.0 Å². The van der Waals surface area contributed by atoms with E-state index in [-0.39, 0.29) is 23.6 Å². The molecule has 0 bridgehead atoms. The van der Waals surface area contributed by atoms with Crippen molar-refractivity contribution in [2.45, 2.75) is 13.5 Å². The van der Waals surface area contributed by atoms with Crippen LogP contribution in [0.25, 0.3) is 10.9 Å². The van der Waals surface area contributed by atoms with Gasteiger partial charge in [0.25, 0.3) is 0 Å². The van der Waals surface area contributed by atoms with Crippen LogP contribution in [-0.2, 0) is 16.1 Å². The molecule has 0 radical (unpaired) electrons. The molecule has 1 aromatic carbocycles. The fraction of sp³-hybridized carbons (Fsp3) is 0.125. The van der Waals surface area contributed by atoms with Crippen LogP contribution in [0.1, 0.15) is 23.0 Å². The van der Waals surface area contributed by atoms with Crippen LogP contribution >= 0.6 is 11.3 Å². The highest BCUT2D eigenvalue weighted by Crippen LogP contribution is 2.18. The Kier molecular flexibility index (Phi) is 4.39. The third-order valence-corrected chi connectivity index (χ3v) is 3.96. The van der Waals surface area contributed by atoms with Gasteiger partial charge in [-0.1, -0.05) is 18.2 Å². The number of nitrogens with zero attached hydrogens (tertiary/aromatic N) is 1. The van der Waals surface area contributed by atoms with Crippen molar-refractivity contribution in [3.8, 4) is 0 Å². The Labute approximate surface area is 140 Å². The summed E-state index contributed by atoms with van der Waals surface area (Å²) in [5, 5.41) is 5.30. The van der Waals surface area contributed by atoms with Crippen molar-refractivity contribution in [3.63, 3.8) is 0 Å². The standard InChI is InChI=1S/C16H13N3O4S/c1-9(20)17-16-18-10(8-24-16)7-23-15(22)12-6-14(21)19-13-5-3-2-4-11(12)13/h2-6,8H,7H2,1H3,(H,19,21)(H,17,18,20). The van der Waals surface area contributed by atoms with Gasteiger partial charge in [-0.15, -0.1) is 11.3 Å². The summed E-state index contributed by atoms with van der Waals surface area (Å²) in [5.41, 5.74) is 0.915. The van der Waals surface area contributed by atoms with Gasteiger partial charge in [0.1, 0.15) is 6.61 Å². The molecule has 8 heteroatoms. The number of carbonyl (C=O) groups excluding carboxylic acids is 2. The molecule has 1 amide bonds. The molecular weight excluding hydrogens is 330 g/mol. The molecular formula is C16H13N3O4S. The Morgan fingerprint density at radius 3 is 2.92 bits per heavy atom. The zero-order valence-electron chi connectivity index (χ0n) is 12.7. The summed E-state index contributed by atoms with van der Waals surface area (Å²) < 4.78 is 5.24. The van der Waals surface area contributed by atoms with Crippen molar-refractivity contribution < 1.29 is 14.3 Å². The minimum atomic E-state index is -0.605. The highest BCUT2D eigenvalue weighted by molar-refractivity contribution is 7.13. The minimum Gasteiger partial charge on any atom is -0.456 e. The Hall–Kier alpha value is -3.00. The molecule has 3 aromatic rings. The van der Waals surface area contributed by atoms with Crippen LogP contribution in [0.2, 0.25) is 0 Å². The second-order valence-corrected chi connectivity index (χ2v) is 5.85.